The second-order valence-corrected chi connectivity index (χ2v) is 4.61. The van der Waals surface area contributed by atoms with Crippen LogP contribution in [0.3, 0.4) is 0 Å². The minimum Gasteiger partial charge on any atom is -0.354 e. The second kappa shape index (κ2) is 7.50. The molecule has 1 aromatic heterocycles. The van der Waals surface area contributed by atoms with Gasteiger partial charge in [0, 0.05) is 25.0 Å². The van der Waals surface area contributed by atoms with E-state index in [0.29, 0.717) is 6.04 Å². The van der Waals surface area contributed by atoms with Crippen molar-refractivity contribution in [3.8, 4) is 0 Å². The zero-order valence-corrected chi connectivity index (χ0v) is 11.0. The maximum atomic E-state index is 3.27. The van der Waals surface area contributed by atoms with Crippen molar-refractivity contribution in [1.82, 2.24) is 9.88 Å². The molecule has 0 saturated heterocycles. The van der Waals surface area contributed by atoms with Crippen LogP contribution in [0.4, 0.5) is 0 Å². The molecule has 92 valence electrons. The van der Waals surface area contributed by atoms with Crippen LogP contribution in [-0.4, -0.2) is 11.6 Å². The summed E-state index contributed by atoms with van der Waals surface area (Å²) >= 11 is 0. The molecule has 0 bridgehead atoms. The van der Waals surface area contributed by atoms with E-state index in [-0.39, 0.29) is 0 Å². The zero-order chi connectivity index (χ0) is 11.8. The van der Waals surface area contributed by atoms with Gasteiger partial charge in [0.25, 0.3) is 0 Å². The maximum Gasteiger partial charge on any atom is 0.0304 e. The normalized spacial score (nSPS) is 12.9. The third-order valence-electron chi connectivity index (χ3n) is 3.23. The molecule has 0 aliphatic heterocycles. The van der Waals surface area contributed by atoms with Gasteiger partial charge in [-0.2, -0.15) is 0 Å². The monoisotopic (exact) mass is 222 g/mol. The van der Waals surface area contributed by atoms with E-state index in [9.17, 15) is 0 Å². The Morgan fingerprint density at radius 3 is 2.69 bits per heavy atom. The summed E-state index contributed by atoms with van der Waals surface area (Å²) in [5, 5.41) is 3.27. The molecular formula is C14H26N2. The molecule has 1 atom stereocenters. The highest BCUT2D eigenvalue weighted by Crippen LogP contribution is 2.13. The fourth-order valence-corrected chi connectivity index (χ4v) is 1.92. The summed E-state index contributed by atoms with van der Waals surface area (Å²) in [6, 6.07) is 2.68. The first-order chi connectivity index (χ1) is 7.77. The highest BCUT2D eigenvalue weighted by Gasteiger charge is 2.03. The van der Waals surface area contributed by atoms with E-state index < -0.39 is 0 Å². The van der Waals surface area contributed by atoms with Gasteiger partial charge in [0.1, 0.15) is 0 Å². The van der Waals surface area contributed by atoms with Crippen LogP contribution in [0, 0.1) is 0 Å². The lowest BCUT2D eigenvalue weighted by molar-refractivity contribution is 0.567. The Labute approximate surface area is 100 Å². The van der Waals surface area contributed by atoms with Crippen molar-refractivity contribution in [2.24, 2.45) is 0 Å². The summed E-state index contributed by atoms with van der Waals surface area (Å²) in [7, 11) is 2.01. The van der Waals surface area contributed by atoms with Gasteiger partial charge in [0.2, 0.25) is 0 Å². The molecule has 0 fully saturated rings. The van der Waals surface area contributed by atoms with Gasteiger partial charge in [-0.1, -0.05) is 32.6 Å². The van der Waals surface area contributed by atoms with Gasteiger partial charge in [0.15, 0.2) is 0 Å². The third kappa shape index (κ3) is 4.40. The molecule has 0 saturated carbocycles. The summed E-state index contributed by atoms with van der Waals surface area (Å²) < 4.78 is 2.31. The Balaban J connectivity index is 2.24. The Bertz CT molecular complexity index is 278. The van der Waals surface area contributed by atoms with Crippen molar-refractivity contribution < 1.29 is 0 Å². The quantitative estimate of drug-likeness (QED) is 0.663. The maximum absolute atomic E-state index is 3.27. The smallest absolute Gasteiger partial charge is 0.0304 e. The summed E-state index contributed by atoms with van der Waals surface area (Å²) in [5.41, 5.74) is 1.39. The number of hydrogen-bond acceptors (Lipinski definition) is 1. The van der Waals surface area contributed by atoms with Crippen molar-refractivity contribution >= 4 is 0 Å². The van der Waals surface area contributed by atoms with Crippen LogP contribution in [0.25, 0.3) is 0 Å². The first-order valence-electron chi connectivity index (χ1n) is 6.61. The highest BCUT2D eigenvalue weighted by molar-refractivity contribution is 5.14. The minimum atomic E-state index is 0.460. The van der Waals surface area contributed by atoms with Gasteiger partial charge < -0.3 is 9.88 Å². The standard InChI is InChI=1S/C14H26N2/c1-4-5-6-7-8-10-16-11-9-14(12-16)13(2)15-3/h9,11-13,15H,4-8,10H2,1-3H3. The predicted molar refractivity (Wildman–Crippen MR) is 70.7 cm³/mol. The number of hydrogen-bond donors (Lipinski definition) is 1. The van der Waals surface area contributed by atoms with Gasteiger partial charge in [-0.25, -0.2) is 0 Å². The number of unbranched alkanes of at least 4 members (excludes halogenated alkanes) is 4. The Hall–Kier alpha value is -0.760. The highest BCUT2D eigenvalue weighted by atomic mass is 14.9. The predicted octanol–water partition coefficient (Wildman–Crippen LogP) is 3.74. The van der Waals surface area contributed by atoms with Crippen LogP contribution < -0.4 is 5.32 Å². The molecular weight excluding hydrogens is 196 g/mol. The lowest BCUT2D eigenvalue weighted by Gasteiger charge is -2.07. The van der Waals surface area contributed by atoms with E-state index in [1.165, 1.54) is 44.2 Å². The lowest BCUT2D eigenvalue weighted by atomic mass is 10.1. The van der Waals surface area contributed by atoms with Crippen molar-refractivity contribution in [2.75, 3.05) is 7.05 Å². The zero-order valence-electron chi connectivity index (χ0n) is 11.0. The number of nitrogens with zero attached hydrogens (tertiary/aromatic N) is 1. The molecule has 1 N–H and O–H groups in total. The van der Waals surface area contributed by atoms with E-state index in [0.717, 1.165) is 0 Å². The van der Waals surface area contributed by atoms with Crippen LogP contribution in [0.15, 0.2) is 18.5 Å². The molecule has 1 heterocycles. The molecule has 0 amide bonds. The third-order valence-corrected chi connectivity index (χ3v) is 3.23. The number of aryl methyl sites for hydroxylation is 1. The molecule has 2 nitrogen and oxygen atoms in total. The minimum absolute atomic E-state index is 0.460. The van der Waals surface area contributed by atoms with Gasteiger partial charge in [-0.15, -0.1) is 0 Å². The van der Waals surface area contributed by atoms with Gasteiger partial charge in [0.05, 0.1) is 0 Å². The second-order valence-electron chi connectivity index (χ2n) is 4.61. The Morgan fingerprint density at radius 2 is 2.00 bits per heavy atom. The molecule has 1 rings (SSSR count). The molecule has 2 heteroatoms. The summed E-state index contributed by atoms with van der Waals surface area (Å²) in [6.45, 7) is 5.62. The van der Waals surface area contributed by atoms with Crippen LogP contribution in [0.5, 0.6) is 0 Å². The van der Waals surface area contributed by atoms with Crippen molar-refractivity contribution in [2.45, 2.75) is 58.5 Å². The van der Waals surface area contributed by atoms with Crippen LogP contribution in [0.2, 0.25) is 0 Å². The van der Waals surface area contributed by atoms with Gasteiger partial charge in [-0.3, -0.25) is 0 Å². The van der Waals surface area contributed by atoms with Crippen LogP contribution in [0.1, 0.15) is 57.6 Å². The number of rotatable bonds is 8. The number of nitrogens with one attached hydrogen (secondary N) is 1. The van der Waals surface area contributed by atoms with Crippen molar-refractivity contribution in [3.05, 3.63) is 24.0 Å². The van der Waals surface area contributed by atoms with Crippen molar-refractivity contribution in [3.63, 3.8) is 0 Å². The van der Waals surface area contributed by atoms with Gasteiger partial charge in [-0.05, 0) is 32.0 Å². The summed E-state index contributed by atoms with van der Waals surface area (Å²) in [4.78, 5) is 0. The van der Waals surface area contributed by atoms with E-state index in [1.807, 2.05) is 7.05 Å². The molecule has 16 heavy (non-hydrogen) atoms. The first-order valence-corrected chi connectivity index (χ1v) is 6.61. The van der Waals surface area contributed by atoms with Crippen LogP contribution >= 0.6 is 0 Å². The van der Waals surface area contributed by atoms with Crippen molar-refractivity contribution in [1.29, 1.82) is 0 Å². The Morgan fingerprint density at radius 1 is 1.25 bits per heavy atom. The molecule has 0 aromatic carbocycles. The summed E-state index contributed by atoms with van der Waals surface area (Å²) in [6.07, 6.45) is 11.2. The number of aromatic nitrogens is 1. The Kier molecular flexibility index (Phi) is 6.24. The summed E-state index contributed by atoms with van der Waals surface area (Å²) in [5.74, 6) is 0. The molecule has 1 aromatic rings. The molecule has 0 aliphatic carbocycles. The fraction of sp³-hybridized carbons (Fsp3) is 0.714. The molecule has 0 spiro atoms. The SMILES string of the molecule is CCCCCCCn1ccc(C(C)NC)c1. The first kappa shape index (κ1) is 13.3. The van der Waals surface area contributed by atoms with Crippen LogP contribution in [-0.2, 0) is 6.54 Å². The molecule has 1 unspecified atom stereocenters. The average molecular weight is 222 g/mol. The van der Waals surface area contributed by atoms with E-state index in [2.05, 4.69) is 42.2 Å². The van der Waals surface area contributed by atoms with Gasteiger partial charge >= 0.3 is 0 Å². The largest absolute Gasteiger partial charge is 0.354 e. The van der Waals surface area contributed by atoms with E-state index in [4.69, 9.17) is 0 Å². The fourth-order valence-electron chi connectivity index (χ4n) is 1.92. The average Bonchev–Trinajstić information content (AvgIpc) is 2.76. The topological polar surface area (TPSA) is 17.0 Å². The van der Waals surface area contributed by atoms with E-state index >= 15 is 0 Å². The van der Waals surface area contributed by atoms with E-state index in [1.54, 1.807) is 0 Å². The lowest BCUT2D eigenvalue weighted by Crippen LogP contribution is -2.11. The molecule has 0 radical (unpaired) electrons. The molecule has 0 aliphatic rings.